The normalized spacial score (nSPS) is 9.50. The molecule has 0 aromatic rings. The predicted octanol–water partition coefficient (Wildman–Crippen LogP) is 1.27. The molecule has 1 N–H and O–H groups in total. The van der Waals surface area contributed by atoms with E-state index in [0.29, 0.717) is 12.0 Å². The van der Waals surface area contributed by atoms with E-state index in [4.69, 9.17) is 5.11 Å². The van der Waals surface area contributed by atoms with E-state index in [2.05, 4.69) is 11.3 Å². The Hall–Kier alpha value is -0.830. The third-order valence-corrected chi connectivity index (χ3v) is 1.61. The minimum atomic E-state index is -0.334. The first-order valence-electron chi connectivity index (χ1n) is 4.09. The average Bonchev–Trinajstić information content (AvgIpc) is 2.10. The van der Waals surface area contributed by atoms with Crippen LogP contribution in [0.25, 0.3) is 0 Å². The van der Waals surface area contributed by atoms with E-state index in [1.807, 2.05) is 0 Å². The maximum atomic E-state index is 10.8. The van der Waals surface area contributed by atoms with Crippen molar-refractivity contribution >= 4 is 5.97 Å². The van der Waals surface area contributed by atoms with Crippen LogP contribution in [0.2, 0.25) is 0 Å². The van der Waals surface area contributed by atoms with Crippen LogP contribution in [-0.2, 0) is 9.53 Å². The number of rotatable bonds is 6. The lowest BCUT2D eigenvalue weighted by atomic mass is 10.1. The first kappa shape index (κ1) is 11.2. The van der Waals surface area contributed by atoms with Crippen molar-refractivity contribution in [1.82, 2.24) is 0 Å². The highest BCUT2D eigenvalue weighted by atomic mass is 16.5. The summed E-state index contributed by atoms with van der Waals surface area (Å²) in [5.41, 5.74) is 0.510. The van der Waals surface area contributed by atoms with Crippen LogP contribution in [0, 0.1) is 0 Å². The van der Waals surface area contributed by atoms with Crippen molar-refractivity contribution in [2.24, 2.45) is 0 Å². The fourth-order valence-corrected chi connectivity index (χ4v) is 0.873. The van der Waals surface area contributed by atoms with Gasteiger partial charge in [0.1, 0.15) is 0 Å². The molecule has 0 saturated heterocycles. The van der Waals surface area contributed by atoms with Crippen LogP contribution in [0.1, 0.15) is 25.7 Å². The van der Waals surface area contributed by atoms with Gasteiger partial charge in [0.2, 0.25) is 0 Å². The third kappa shape index (κ3) is 4.91. The monoisotopic (exact) mass is 172 g/mol. The molecule has 0 aliphatic carbocycles. The molecule has 0 radical (unpaired) electrons. The summed E-state index contributed by atoms with van der Waals surface area (Å²) in [6.45, 7) is 3.80. The van der Waals surface area contributed by atoms with Crippen LogP contribution in [0.5, 0.6) is 0 Å². The lowest BCUT2D eigenvalue weighted by Crippen LogP contribution is -2.03. The summed E-state index contributed by atoms with van der Waals surface area (Å²) < 4.78 is 4.48. The van der Waals surface area contributed by atoms with Gasteiger partial charge in [-0.05, 0) is 19.3 Å². The molecule has 0 aromatic heterocycles. The largest absolute Gasteiger partial charge is 0.466 e. The van der Waals surface area contributed by atoms with Crippen LogP contribution in [0.4, 0.5) is 0 Å². The van der Waals surface area contributed by atoms with E-state index in [1.54, 1.807) is 0 Å². The van der Waals surface area contributed by atoms with Crippen molar-refractivity contribution in [3.05, 3.63) is 12.2 Å². The summed E-state index contributed by atoms with van der Waals surface area (Å²) >= 11 is 0. The van der Waals surface area contributed by atoms with Crippen LogP contribution >= 0.6 is 0 Å². The molecule has 70 valence electrons. The minimum absolute atomic E-state index is 0.213. The van der Waals surface area contributed by atoms with Crippen LogP contribution in [0.3, 0.4) is 0 Å². The van der Waals surface area contributed by atoms with Gasteiger partial charge in [0.25, 0.3) is 0 Å². The number of carbonyl (C=O) groups is 1. The second kappa shape index (κ2) is 6.85. The van der Waals surface area contributed by atoms with Crippen LogP contribution < -0.4 is 0 Å². The zero-order chi connectivity index (χ0) is 9.40. The Balaban J connectivity index is 3.38. The summed E-state index contributed by atoms with van der Waals surface area (Å²) in [5, 5.41) is 8.47. The van der Waals surface area contributed by atoms with Crippen molar-refractivity contribution in [3.63, 3.8) is 0 Å². The van der Waals surface area contributed by atoms with Crippen LogP contribution in [0.15, 0.2) is 12.2 Å². The summed E-state index contributed by atoms with van der Waals surface area (Å²) in [6, 6.07) is 0. The van der Waals surface area contributed by atoms with Gasteiger partial charge >= 0.3 is 5.97 Å². The zero-order valence-electron chi connectivity index (χ0n) is 7.51. The molecular weight excluding hydrogens is 156 g/mol. The molecule has 0 atom stereocenters. The molecule has 3 heteroatoms. The van der Waals surface area contributed by atoms with E-state index < -0.39 is 0 Å². The molecule has 0 aliphatic heterocycles. The highest BCUT2D eigenvalue weighted by Crippen LogP contribution is 2.07. The van der Waals surface area contributed by atoms with Gasteiger partial charge < -0.3 is 9.84 Å². The zero-order valence-corrected chi connectivity index (χ0v) is 7.51. The minimum Gasteiger partial charge on any atom is -0.466 e. The van der Waals surface area contributed by atoms with Crippen molar-refractivity contribution in [2.45, 2.75) is 25.7 Å². The molecule has 0 aromatic carbocycles. The Morgan fingerprint density at radius 1 is 1.42 bits per heavy atom. The van der Waals surface area contributed by atoms with E-state index in [9.17, 15) is 4.79 Å². The molecule has 12 heavy (non-hydrogen) atoms. The highest BCUT2D eigenvalue weighted by Gasteiger charge is 2.04. The number of hydrogen-bond donors (Lipinski definition) is 1. The highest BCUT2D eigenvalue weighted by molar-refractivity contribution is 5.87. The first-order chi connectivity index (χ1) is 5.72. The fraction of sp³-hybridized carbons (Fsp3) is 0.667. The molecule has 0 spiro atoms. The van der Waals surface area contributed by atoms with Crippen molar-refractivity contribution < 1.29 is 14.6 Å². The quantitative estimate of drug-likeness (QED) is 0.373. The first-order valence-corrected chi connectivity index (χ1v) is 4.09. The molecule has 0 aliphatic rings. The molecule has 3 nitrogen and oxygen atoms in total. The van der Waals surface area contributed by atoms with Gasteiger partial charge in [-0.15, -0.1) is 0 Å². The van der Waals surface area contributed by atoms with Gasteiger partial charge in [-0.2, -0.15) is 0 Å². The number of carbonyl (C=O) groups excluding carboxylic acids is 1. The second-order valence-corrected chi connectivity index (χ2v) is 2.63. The van der Waals surface area contributed by atoms with E-state index in [-0.39, 0.29) is 12.6 Å². The van der Waals surface area contributed by atoms with Crippen molar-refractivity contribution in [3.8, 4) is 0 Å². The molecule has 0 heterocycles. The summed E-state index contributed by atoms with van der Waals surface area (Å²) in [7, 11) is 1.35. The van der Waals surface area contributed by atoms with Gasteiger partial charge in [0, 0.05) is 12.2 Å². The summed E-state index contributed by atoms with van der Waals surface area (Å²) in [6.07, 6.45) is 3.25. The van der Waals surface area contributed by atoms with Crippen molar-refractivity contribution in [2.75, 3.05) is 13.7 Å². The number of aliphatic hydroxyl groups is 1. The SMILES string of the molecule is C=C(CCCCCO)C(=O)OC. The van der Waals surface area contributed by atoms with Crippen molar-refractivity contribution in [1.29, 1.82) is 0 Å². The average molecular weight is 172 g/mol. The Morgan fingerprint density at radius 3 is 2.58 bits per heavy atom. The molecule has 0 rings (SSSR count). The van der Waals surface area contributed by atoms with Gasteiger partial charge in [-0.25, -0.2) is 4.79 Å². The number of hydrogen-bond acceptors (Lipinski definition) is 3. The van der Waals surface area contributed by atoms with Gasteiger partial charge in [0.15, 0.2) is 0 Å². The molecular formula is C9H16O3. The van der Waals surface area contributed by atoms with Gasteiger partial charge in [-0.1, -0.05) is 13.0 Å². The molecule has 0 saturated carbocycles. The Morgan fingerprint density at radius 2 is 2.08 bits per heavy atom. The maximum absolute atomic E-state index is 10.8. The lowest BCUT2D eigenvalue weighted by Gasteiger charge is -2.01. The van der Waals surface area contributed by atoms with Crippen LogP contribution in [-0.4, -0.2) is 24.8 Å². The number of aliphatic hydroxyl groups excluding tert-OH is 1. The number of methoxy groups -OCH3 is 1. The van der Waals surface area contributed by atoms with E-state index in [0.717, 1.165) is 19.3 Å². The molecule has 0 amide bonds. The number of esters is 1. The van der Waals surface area contributed by atoms with Gasteiger partial charge in [-0.3, -0.25) is 0 Å². The number of ether oxygens (including phenoxy) is 1. The number of unbranched alkanes of at least 4 members (excludes halogenated alkanes) is 2. The molecule has 0 bridgehead atoms. The standard InChI is InChI=1S/C9H16O3/c1-8(9(11)12-2)6-4-3-5-7-10/h10H,1,3-7H2,2H3. The Kier molecular flexibility index (Phi) is 6.38. The summed E-state index contributed by atoms with van der Waals surface area (Å²) in [4.78, 5) is 10.8. The lowest BCUT2D eigenvalue weighted by molar-refractivity contribution is -0.136. The Bertz CT molecular complexity index is 152. The second-order valence-electron chi connectivity index (χ2n) is 2.63. The maximum Gasteiger partial charge on any atom is 0.333 e. The van der Waals surface area contributed by atoms with E-state index >= 15 is 0 Å². The molecule has 0 unspecified atom stereocenters. The Labute approximate surface area is 73.0 Å². The molecule has 0 fully saturated rings. The fourth-order valence-electron chi connectivity index (χ4n) is 0.873. The smallest absolute Gasteiger partial charge is 0.333 e. The topological polar surface area (TPSA) is 46.5 Å². The third-order valence-electron chi connectivity index (χ3n) is 1.61. The predicted molar refractivity (Wildman–Crippen MR) is 46.7 cm³/mol. The summed E-state index contributed by atoms with van der Waals surface area (Å²) in [5.74, 6) is -0.334. The van der Waals surface area contributed by atoms with Gasteiger partial charge in [0.05, 0.1) is 7.11 Å². The van der Waals surface area contributed by atoms with E-state index in [1.165, 1.54) is 7.11 Å².